The largest absolute Gasteiger partial charge is 0.457 e. The van der Waals surface area contributed by atoms with Crippen molar-refractivity contribution in [1.82, 2.24) is 0 Å². The molecular formula is C59H37NO2. The van der Waals surface area contributed by atoms with Crippen LogP contribution >= 0.6 is 0 Å². The molecule has 3 nitrogen and oxygen atoms in total. The van der Waals surface area contributed by atoms with Crippen LogP contribution < -0.4 is 9.64 Å². The molecule has 1 aliphatic carbocycles. The van der Waals surface area contributed by atoms with E-state index in [0.29, 0.717) is 0 Å². The van der Waals surface area contributed by atoms with Crippen molar-refractivity contribution in [3.05, 3.63) is 247 Å². The first kappa shape index (κ1) is 34.7. The van der Waals surface area contributed by atoms with Crippen LogP contribution in [0.2, 0.25) is 0 Å². The molecule has 290 valence electrons. The Morgan fingerprint density at radius 2 is 0.935 bits per heavy atom. The molecule has 62 heavy (non-hydrogen) atoms. The number of ether oxygens (including phenoxy) is 1. The number of benzene rings is 10. The number of furan rings is 1. The second-order valence-corrected chi connectivity index (χ2v) is 16.4. The molecule has 0 atom stereocenters. The maximum Gasteiger partial charge on any atom is 0.159 e. The Labute approximate surface area is 359 Å². The van der Waals surface area contributed by atoms with Gasteiger partial charge < -0.3 is 14.1 Å². The predicted octanol–water partition coefficient (Wildman–Crippen LogP) is 16.0. The highest BCUT2D eigenvalue weighted by atomic mass is 16.5. The van der Waals surface area contributed by atoms with E-state index in [1.807, 2.05) is 12.1 Å². The van der Waals surface area contributed by atoms with Crippen molar-refractivity contribution in [2.45, 2.75) is 5.41 Å². The molecule has 2 heterocycles. The molecule has 0 saturated carbocycles. The van der Waals surface area contributed by atoms with Crippen LogP contribution in [0.15, 0.2) is 229 Å². The summed E-state index contributed by atoms with van der Waals surface area (Å²) in [7, 11) is 0. The van der Waals surface area contributed by atoms with E-state index in [1.54, 1.807) is 0 Å². The lowest BCUT2D eigenvalue weighted by molar-refractivity contribution is 0.436. The summed E-state index contributed by atoms with van der Waals surface area (Å²) in [4.78, 5) is 2.32. The molecule has 0 unspecified atom stereocenters. The average molecular weight is 792 g/mol. The number of hydrogen-bond acceptors (Lipinski definition) is 3. The summed E-state index contributed by atoms with van der Waals surface area (Å²) in [6.45, 7) is 0. The number of fused-ring (bicyclic) bond motifs is 14. The Morgan fingerprint density at radius 1 is 0.371 bits per heavy atom. The third-order valence-electron chi connectivity index (χ3n) is 13.1. The minimum Gasteiger partial charge on any atom is -0.457 e. The molecule has 0 fully saturated rings. The predicted molar refractivity (Wildman–Crippen MR) is 254 cm³/mol. The minimum absolute atomic E-state index is 0.531. The summed E-state index contributed by atoms with van der Waals surface area (Å²) in [5.74, 6) is 1.80. The number of nitrogens with zero attached hydrogens (tertiary/aromatic N) is 1. The SMILES string of the molecule is c1ccc(-c2ccc(N(c3ccc(-c4ccc5c(c4)-c4c(ccc6ccccc46)C54c5ccccc5Oc5ccccc54)cc3)c3cccc4c3oc3ccccc34)cc2)cc1. The Balaban J connectivity index is 0.974. The minimum atomic E-state index is -0.531. The molecular weight excluding hydrogens is 755 g/mol. The first-order valence-corrected chi connectivity index (χ1v) is 21.2. The summed E-state index contributed by atoms with van der Waals surface area (Å²) in [5, 5.41) is 4.69. The number of rotatable bonds is 5. The standard InChI is InChI=1S/C59H37NO2/c1-2-13-38(14-3-1)39-25-31-43(32-26-39)60(53-21-12-18-47-46-17-6-9-22-54(46)62-58(47)53)44-33-27-40(28-34-44)42-30-35-49-48(37-42)57-45-16-5-4-15-41(45)29-36-52(57)59(49)50-19-7-10-23-55(50)61-56-24-11-8-20-51(56)59/h1-37H. The molecule has 0 bridgehead atoms. The van der Waals surface area contributed by atoms with E-state index in [0.717, 1.165) is 61.6 Å². The Kier molecular flexibility index (Phi) is 7.52. The lowest BCUT2D eigenvalue weighted by Gasteiger charge is -2.39. The molecule has 13 rings (SSSR count). The first-order chi connectivity index (χ1) is 30.7. The van der Waals surface area contributed by atoms with Gasteiger partial charge in [-0.15, -0.1) is 0 Å². The summed E-state index contributed by atoms with van der Waals surface area (Å²) < 4.78 is 13.3. The molecule has 1 aliphatic heterocycles. The van der Waals surface area contributed by atoms with Crippen LogP contribution in [0.5, 0.6) is 11.5 Å². The lowest BCUT2D eigenvalue weighted by atomic mass is 9.66. The zero-order chi connectivity index (χ0) is 40.8. The molecule has 3 heteroatoms. The van der Waals surface area contributed by atoms with E-state index in [4.69, 9.17) is 9.15 Å². The van der Waals surface area contributed by atoms with Gasteiger partial charge in [0.25, 0.3) is 0 Å². The molecule has 1 spiro atoms. The van der Waals surface area contributed by atoms with Crippen LogP contribution in [0.25, 0.3) is 66.1 Å². The molecule has 0 saturated heterocycles. The van der Waals surface area contributed by atoms with E-state index in [-0.39, 0.29) is 0 Å². The third kappa shape index (κ3) is 5.00. The zero-order valence-electron chi connectivity index (χ0n) is 33.6. The van der Waals surface area contributed by atoms with Gasteiger partial charge in [0.1, 0.15) is 17.1 Å². The monoisotopic (exact) mass is 791 g/mol. The highest BCUT2D eigenvalue weighted by Gasteiger charge is 2.51. The highest BCUT2D eigenvalue weighted by Crippen LogP contribution is 2.63. The van der Waals surface area contributed by atoms with Crippen LogP contribution in [0.4, 0.5) is 17.1 Å². The summed E-state index contributed by atoms with van der Waals surface area (Å²) in [6, 6.07) is 80.8. The maximum absolute atomic E-state index is 6.64. The average Bonchev–Trinajstić information content (AvgIpc) is 3.87. The molecule has 11 aromatic rings. The van der Waals surface area contributed by atoms with Gasteiger partial charge in [0.05, 0.1) is 11.1 Å². The maximum atomic E-state index is 6.64. The smallest absolute Gasteiger partial charge is 0.159 e. The molecule has 1 aromatic heterocycles. The molecule has 0 radical (unpaired) electrons. The topological polar surface area (TPSA) is 25.6 Å². The lowest BCUT2D eigenvalue weighted by Crippen LogP contribution is -2.32. The summed E-state index contributed by atoms with van der Waals surface area (Å²) in [6.07, 6.45) is 0. The van der Waals surface area contributed by atoms with Gasteiger partial charge in [-0.3, -0.25) is 0 Å². The van der Waals surface area contributed by atoms with Crippen molar-refractivity contribution in [2.24, 2.45) is 0 Å². The fourth-order valence-corrected chi connectivity index (χ4v) is 10.4. The van der Waals surface area contributed by atoms with Gasteiger partial charge in [0.2, 0.25) is 0 Å². The van der Waals surface area contributed by atoms with E-state index < -0.39 is 5.41 Å². The van der Waals surface area contributed by atoms with E-state index in [1.165, 1.54) is 55.3 Å². The van der Waals surface area contributed by atoms with Crippen LogP contribution in [0.1, 0.15) is 22.3 Å². The Morgan fingerprint density at radius 3 is 1.68 bits per heavy atom. The Hall–Kier alpha value is -8.14. The fourth-order valence-electron chi connectivity index (χ4n) is 10.4. The van der Waals surface area contributed by atoms with E-state index >= 15 is 0 Å². The van der Waals surface area contributed by atoms with Crippen molar-refractivity contribution in [1.29, 1.82) is 0 Å². The van der Waals surface area contributed by atoms with Crippen molar-refractivity contribution in [3.8, 4) is 44.9 Å². The summed E-state index contributed by atoms with van der Waals surface area (Å²) >= 11 is 0. The van der Waals surface area contributed by atoms with Gasteiger partial charge in [0, 0.05) is 33.3 Å². The van der Waals surface area contributed by atoms with Gasteiger partial charge >= 0.3 is 0 Å². The van der Waals surface area contributed by atoms with Gasteiger partial charge in [-0.25, -0.2) is 0 Å². The van der Waals surface area contributed by atoms with E-state index in [2.05, 4.69) is 217 Å². The number of anilines is 3. The Bertz CT molecular complexity index is 3500. The molecule has 10 aromatic carbocycles. The van der Waals surface area contributed by atoms with Crippen molar-refractivity contribution < 1.29 is 9.15 Å². The van der Waals surface area contributed by atoms with Gasteiger partial charge in [-0.05, 0) is 110 Å². The highest BCUT2D eigenvalue weighted by molar-refractivity contribution is 6.10. The van der Waals surface area contributed by atoms with Crippen LogP contribution in [0.3, 0.4) is 0 Å². The third-order valence-corrected chi connectivity index (χ3v) is 13.1. The van der Waals surface area contributed by atoms with Gasteiger partial charge in [-0.1, -0.05) is 170 Å². The second-order valence-electron chi connectivity index (χ2n) is 16.4. The summed E-state index contributed by atoms with van der Waals surface area (Å²) in [5.41, 5.74) is 16.4. The van der Waals surface area contributed by atoms with Crippen molar-refractivity contribution in [3.63, 3.8) is 0 Å². The van der Waals surface area contributed by atoms with Crippen LogP contribution in [0, 0.1) is 0 Å². The van der Waals surface area contributed by atoms with Crippen molar-refractivity contribution in [2.75, 3.05) is 4.90 Å². The zero-order valence-corrected chi connectivity index (χ0v) is 33.6. The van der Waals surface area contributed by atoms with Gasteiger partial charge in [-0.2, -0.15) is 0 Å². The number of hydrogen-bond donors (Lipinski definition) is 0. The fraction of sp³-hybridized carbons (Fsp3) is 0.0169. The molecule has 2 aliphatic rings. The van der Waals surface area contributed by atoms with Gasteiger partial charge in [0.15, 0.2) is 5.58 Å². The quantitative estimate of drug-likeness (QED) is 0.174. The van der Waals surface area contributed by atoms with Crippen LogP contribution in [-0.2, 0) is 5.41 Å². The van der Waals surface area contributed by atoms with Crippen molar-refractivity contribution >= 4 is 49.8 Å². The first-order valence-electron chi connectivity index (χ1n) is 21.2. The number of para-hydroxylation sites is 4. The normalized spacial score (nSPS) is 13.1. The molecule has 0 amide bonds. The van der Waals surface area contributed by atoms with E-state index in [9.17, 15) is 0 Å². The second kappa shape index (κ2) is 13.4. The van der Waals surface area contributed by atoms with Crippen LogP contribution in [-0.4, -0.2) is 0 Å². The molecule has 0 N–H and O–H groups in total.